The van der Waals surface area contributed by atoms with Gasteiger partial charge in [0, 0.05) is 10.8 Å². The molecule has 0 amide bonds. The summed E-state index contributed by atoms with van der Waals surface area (Å²) in [5.74, 6) is 0.942. The largest absolute Gasteiger partial charge is 0.262 e. The molecule has 0 saturated carbocycles. The van der Waals surface area contributed by atoms with E-state index in [9.17, 15) is 0 Å². The fourth-order valence-electron chi connectivity index (χ4n) is 1.86. The first-order valence-electron chi connectivity index (χ1n) is 5.25. The number of aromatic nitrogens is 5. The fraction of sp³-hybridized carbons (Fsp3) is 0.364. The molecule has 0 aliphatic rings. The molecule has 0 aliphatic heterocycles. The first-order chi connectivity index (χ1) is 7.57. The SMILES string of the molecule is CC(C)(C)c1nnc2ccc3cn[nH]c3n12. The molecule has 0 aromatic carbocycles. The molecule has 82 valence electrons. The number of aromatic amines is 1. The third-order valence-corrected chi connectivity index (χ3v) is 2.64. The molecule has 0 saturated heterocycles. The highest BCUT2D eigenvalue weighted by Gasteiger charge is 2.22. The summed E-state index contributed by atoms with van der Waals surface area (Å²) in [7, 11) is 0. The molecule has 3 aromatic rings. The normalized spacial score (nSPS) is 12.7. The highest BCUT2D eigenvalue weighted by molar-refractivity contribution is 5.77. The lowest BCUT2D eigenvalue weighted by Crippen LogP contribution is -2.16. The minimum atomic E-state index is -0.0428. The van der Waals surface area contributed by atoms with Gasteiger partial charge < -0.3 is 0 Å². The summed E-state index contributed by atoms with van der Waals surface area (Å²) in [6.45, 7) is 6.37. The van der Waals surface area contributed by atoms with Gasteiger partial charge in [-0.15, -0.1) is 10.2 Å². The number of nitrogens with one attached hydrogen (secondary N) is 1. The number of hydrogen-bond acceptors (Lipinski definition) is 3. The molecule has 3 heterocycles. The van der Waals surface area contributed by atoms with E-state index in [-0.39, 0.29) is 5.41 Å². The summed E-state index contributed by atoms with van der Waals surface area (Å²) in [6.07, 6.45) is 1.81. The predicted molar refractivity (Wildman–Crippen MR) is 61.3 cm³/mol. The molecular formula is C11H13N5. The van der Waals surface area contributed by atoms with Gasteiger partial charge in [0.25, 0.3) is 0 Å². The summed E-state index contributed by atoms with van der Waals surface area (Å²) in [6, 6.07) is 3.95. The Labute approximate surface area is 92.5 Å². The van der Waals surface area contributed by atoms with Gasteiger partial charge in [0.05, 0.1) is 6.20 Å². The monoisotopic (exact) mass is 215 g/mol. The Kier molecular flexibility index (Phi) is 1.64. The van der Waals surface area contributed by atoms with Gasteiger partial charge in [-0.25, -0.2) is 0 Å². The van der Waals surface area contributed by atoms with Gasteiger partial charge in [0.15, 0.2) is 5.65 Å². The van der Waals surface area contributed by atoms with E-state index in [1.165, 1.54) is 0 Å². The maximum absolute atomic E-state index is 4.26. The van der Waals surface area contributed by atoms with Crippen molar-refractivity contribution in [1.82, 2.24) is 24.8 Å². The highest BCUT2D eigenvalue weighted by Crippen LogP contribution is 2.23. The average molecular weight is 215 g/mol. The zero-order chi connectivity index (χ0) is 11.3. The molecule has 5 heteroatoms. The average Bonchev–Trinajstić information content (AvgIpc) is 2.81. The van der Waals surface area contributed by atoms with Crippen LogP contribution < -0.4 is 0 Å². The van der Waals surface area contributed by atoms with Crippen LogP contribution in [0.15, 0.2) is 18.3 Å². The Balaban J connectivity index is 2.51. The van der Waals surface area contributed by atoms with Crippen LogP contribution in [-0.2, 0) is 5.41 Å². The Hall–Kier alpha value is -1.91. The van der Waals surface area contributed by atoms with E-state index in [0.717, 1.165) is 22.5 Å². The lowest BCUT2D eigenvalue weighted by molar-refractivity contribution is 0.541. The Morgan fingerprint density at radius 1 is 1.19 bits per heavy atom. The standard InChI is InChI=1S/C11H13N5/c1-11(2,3)10-15-13-8-5-4-7-6-12-14-9(7)16(8)10/h4-6H,1-3H3,(H,12,14). The molecule has 0 fully saturated rings. The number of rotatable bonds is 0. The zero-order valence-corrected chi connectivity index (χ0v) is 9.52. The first kappa shape index (κ1) is 9.33. The van der Waals surface area contributed by atoms with E-state index in [4.69, 9.17) is 0 Å². The van der Waals surface area contributed by atoms with Crippen molar-refractivity contribution in [3.63, 3.8) is 0 Å². The van der Waals surface area contributed by atoms with Crippen LogP contribution in [0.5, 0.6) is 0 Å². The fourth-order valence-corrected chi connectivity index (χ4v) is 1.86. The summed E-state index contributed by atoms with van der Waals surface area (Å²) in [5.41, 5.74) is 1.76. The van der Waals surface area contributed by atoms with Crippen molar-refractivity contribution in [3.8, 4) is 0 Å². The minimum Gasteiger partial charge on any atom is -0.262 e. The number of H-pyrrole nitrogens is 1. The molecule has 0 unspecified atom stereocenters. The second-order valence-corrected chi connectivity index (χ2v) is 4.97. The van der Waals surface area contributed by atoms with Crippen LogP contribution in [0.25, 0.3) is 16.7 Å². The molecule has 0 spiro atoms. The van der Waals surface area contributed by atoms with Gasteiger partial charge in [-0.2, -0.15) is 5.10 Å². The Bertz CT molecular complexity index is 656. The van der Waals surface area contributed by atoms with Crippen LogP contribution in [0.2, 0.25) is 0 Å². The highest BCUT2D eigenvalue weighted by atomic mass is 15.3. The van der Waals surface area contributed by atoms with Gasteiger partial charge in [-0.05, 0) is 12.1 Å². The van der Waals surface area contributed by atoms with Crippen molar-refractivity contribution in [1.29, 1.82) is 0 Å². The second kappa shape index (κ2) is 2.81. The topological polar surface area (TPSA) is 58.9 Å². The molecule has 16 heavy (non-hydrogen) atoms. The van der Waals surface area contributed by atoms with Crippen molar-refractivity contribution >= 4 is 16.7 Å². The van der Waals surface area contributed by atoms with E-state index in [0.29, 0.717) is 0 Å². The number of hydrogen-bond donors (Lipinski definition) is 1. The van der Waals surface area contributed by atoms with Gasteiger partial charge in [0.2, 0.25) is 0 Å². The summed E-state index contributed by atoms with van der Waals surface area (Å²) in [4.78, 5) is 0. The Morgan fingerprint density at radius 2 is 2.00 bits per heavy atom. The molecule has 0 radical (unpaired) electrons. The van der Waals surface area contributed by atoms with Crippen LogP contribution in [-0.4, -0.2) is 24.8 Å². The smallest absolute Gasteiger partial charge is 0.162 e. The lowest BCUT2D eigenvalue weighted by Gasteiger charge is -2.15. The summed E-state index contributed by atoms with van der Waals surface area (Å²) in [5, 5.41) is 16.6. The van der Waals surface area contributed by atoms with E-state index in [1.54, 1.807) is 6.20 Å². The van der Waals surface area contributed by atoms with Crippen molar-refractivity contribution in [2.24, 2.45) is 0 Å². The molecule has 0 bridgehead atoms. The van der Waals surface area contributed by atoms with Gasteiger partial charge in [0.1, 0.15) is 11.5 Å². The predicted octanol–water partition coefficient (Wildman–Crippen LogP) is 1.90. The maximum atomic E-state index is 4.26. The van der Waals surface area contributed by atoms with Crippen molar-refractivity contribution in [3.05, 3.63) is 24.2 Å². The van der Waals surface area contributed by atoms with E-state index >= 15 is 0 Å². The molecule has 0 aliphatic carbocycles. The number of nitrogens with zero attached hydrogens (tertiary/aromatic N) is 4. The zero-order valence-electron chi connectivity index (χ0n) is 9.52. The van der Waals surface area contributed by atoms with E-state index in [2.05, 4.69) is 41.2 Å². The molecule has 3 rings (SSSR count). The van der Waals surface area contributed by atoms with Crippen LogP contribution >= 0.6 is 0 Å². The molecule has 0 atom stereocenters. The van der Waals surface area contributed by atoms with E-state index in [1.807, 2.05) is 16.5 Å². The van der Waals surface area contributed by atoms with Crippen LogP contribution in [0.3, 0.4) is 0 Å². The van der Waals surface area contributed by atoms with Crippen molar-refractivity contribution < 1.29 is 0 Å². The van der Waals surface area contributed by atoms with Gasteiger partial charge in [-0.3, -0.25) is 9.50 Å². The third-order valence-electron chi connectivity index (χ3n) is 2.64. The van der Waals surface area contributed by atoms with Crippen LogP contribution in [0, 0.1) is 0 Å². The summed E-state index contributed by atoms with van der Waals surface area (Å²) >= 11 is 0. The van der Waals surface area contributed by atoms with Crippen molar-refractivity contribution in [2.75, 3.05) is 0 Å². The van der Waals surface area contributed by atoms with Gasteiger partial charge >= 0.3 is 0 Å². The number of pyridine rings is 1. The molecule has 3 aromatic heterocycles. The molecule has 1 N–H and O–H groups in total. The van der Waals surface area contributed by atoms with Crippen LogP contribution in [0.4, 0.5) is 0 Å². The van der Waals surface area contributed by atoms with Gasteiger partial charge in [-0.1, -0.05) is 20.8 Å². The number of fused-ring (bicyclic) bond motifs is 3. The molecular weight excluding hydrogens is 202 g/mol. The quantitative estimate of drug-likeness (QED) is 0.623. The second-order valence-electron chi connectivity index (χ2n) is 4.97. The van der Waals surface area contributed by atoms with Crippen LogP contribution in [0.1, 0.15) is 26.6 Å². The first-order valence-corrected chi connectivity index (χ1v) is 5.25. The summed E-state index contributed by atoms with van der Waals surface area (Å²) < 4.78 is 2.03. The third kappa shape index (κ3) is 1.14. The maximum Gasteiger partial charge on any atom is 0.162 e. The Morgan fingerprint density at radius 3 is 2.75 bits per heavy atom. The van der Waals surface area contributed by atoms with Crippen molar-refractivity contribution in [2.45, 2.75) is 26.2 Å². The minimum absolute atomic E-state index is 0.0428. The molecule has 5 nitrogen and oxygen atoms in total. The lowest BCUT2D eigenvalue weighted by atomic mass is 9.96. The van der Waals surface area contributed by atoms with E-state index < -0.39 is 0 Å².